The minimum absolute atomic E-state index is 0.00224. The van der Waals surface area contributed by atoms with Gasteiger partial charge >= 0.3 is 6.18 Å². The smallest absolute Gasteiger partial charge is 0.381 e. The van der Waals surface area contributed by atoms with Crippen molar-refractivity contribution >= 4 is 38.9 Å². The number of benzene rings is 1. The number of carbonyl (C=O) groups is 2. The summed E-state index contributed by atoms with van der Waals surface area (Å²) in [4.78, 5) is 29.3. The zero-order chi connectivity index (χ0) is 29.5. The molecule has 11 heteroatoms. The topological polar surface area (TPSA) is 84.4 Å². The molecule has 2 aromatic heterocycles. The van der Waals surface area contributed by atoms with E-state index in [1.807, 2.05) is 24.8 Å². The van der Waals surface area contributed by atoms with Gasteiger partial charge in [0.1, 0.15) is 0 Å². The highest BCUT2D eigenvalue weighted by atomic mass is 32.1. The first kappa shape index (κ1) is 29.4. The normalized spacial score (nSPS) is 18.9. The van der Waals surface area contributed by atoms with Gasteiger partial charge in [-0.25, -0.2) is 0 Å². The molecule has 0 saturated carbocycles. The SMILES string of the molecule is Cc1c([C@@H](C)Nc2nnc(C)c3sc(C(=O)C4(C)CCN(C(=O)C5CCOCC5)CC4)cc23)cccc1C(F)(F)F. The standard InChI is InChI=1S/C30H35F3N4O3S/c1-17-21(6-5-7-23(17)30(31,32)33)18(2)34-27-22-16-24(41-25(22)19(3)35-36-27)26(38)29(4)10-12-37(13-11-29)28(39)20-8-14-40-15-9-20/h5-7,16,18,20H,8-15H2,1-4H3,(H,34,36)/t18-/m1/s1. The van der Waals surface area contributed by atoms with E-state index < -0.39 is 23.2 Å². The minimum atomic E-state index is -4.44. The number of carbonyl (C=O) groups excluding carboxylic acids is 2. The Balaban J connectivity index is 1.35. The van der Waals surface area contributed by atoms with Crippen LogP contribution in [-0.2, 0) is 15.7 Å². The van der Waals surface area contributed by atoms with Crippen molar-refractivity contribution in [3.8, 4) is 0 Å². The van der Waals surface area contributed by atoms with Gasteiger partial charge in [0.2, 0.25) is 5.91 Å². The molecule has 0 bridgehead atoms. The fraction of sp³-hybridized carbons (Fsp3) is 0.533. The number of hydrogen-bond acceptors (Lipinski definition) is 7. The van der Waals surface area contributed by atoms with Gasteiger partial charge in [-0.05, 0) is 69.7 Å². The molecule has 2 aliphatic heterocycles. The Morgan fingerprint density at radius 1 is 1.15 bits per heavy atom. The van der Waals surface area contributed by atoms with E-state index in [2.05, 4.69) is 15.5 Å². The summed E-state index contributed by atoms with van der Waals surface area (Å²) in [6, 6.07) is 5.50. The van der Waals surface area contributed by atoms with Gasteiger partial charge in [0.15, 0.2) is 11.6 Å². The lowest BCUT2D eigenvalue weighted by Crippen LogP contribution is -2.47. The molecular weight excluding hydrogens is 553 g/mol. The van der Waals surface area contributed by atoms with Crippen molar-refractivity contribution in [2.24, 2.45) is 11.3 Å². The molecule has 0 spiro atoms. The molecule has 220 valence electrons. The summed E-state index contributed by atoms with van der Waals surface area (Å²) in [5.41, 5.74) is 0.0852. The maximum Gasteiger partial charge on any atom is 0.416 e. The van der Waals surface area contributed by atoms with Crippen molar-refractivity contribution in [2.45, 2.75) is 65.6 Å². The van der Waals surface area contributed by atoms with E-state index in [-0.39, 0.29) is 23.2 Å². The predicted octanol–water partition coefficient (Wildman–Crippen LogP) is 6.74. The molecule has 2 saturated heterocycles. The van der Waals surface area contributed by atoms with Crippen LogP contribution in [-0.4, -0.2) is 53.1 Å². The number of rotatable bonds is 6. The molecule has 2 aliphatic rings. The van der Waals surface area contributed by atoms with Crippen LogP contribution in [0, 0.1) is 25.2 Å². The lowest BCUT2D eigenvalue weighted by Gasteiger charge is -2.39. The first-order valence-electron chi connectivity index (χ1n) is 14.0. The van der Waals surface area contributed by atoms with Crippen LogP contribution in [0.4, 0.5) is 19.0 Å². The number of piperidine rings is 1. The molecule has 0 radical (unpaired) electrons. The summed E-state index contributed by atoms with van der Waals surface area (Å²) in [5, 5.41) is 12.5. The van der Waals surface area contributed by atoms with Crippen molar-refractivity contribution in [3.63, 3.8) is 0 Å². The molecule has 41 heavy (non-hydrogen) atoms. The zero-order valence-electron chi connectivity index (χ0n) is 23.7. The van der Waals surface area contributed by atoms with Crippen molar-refractivity contribution in [1.29, 1.82) is 0 Å². The number of ether oxygens (including phenoxy) is 1. The van der Waals surface area contributed by atoms with Crippen LogP contribution in [0.5, 0.6) is 0 Å². The van der Waals surface area contributed by atoms with Crippen molar-refractivity contribution in [2.75, 3.05) is 31.6 Å². The van der Waals surface area contributed by atoms with E-state index in [1.165, 1.54) is 24.3 Å². The molecule has 1 amide bonds. The van der Waals surface area contributed by atoms with Crippen LogP contribution < -0.4 is 5.32 Å². The van der Waals surface area contributed by atoms with Gasteiger partial charge in [-0.1, -0.05) is 19.1 Å². The van der Waals surface area contributed by atoms with Crippen molar-refractivity contribution < 1.29 is 27.5 Å². The third-order valence-electron chi connectivity index (χ3n) is 8.64. The molecule has 7 nitrogen and oxygen atoms in total. The number of fused-ring (bicyclic) bond motifs is 1. The van der Waals surface area contributed by atoms with Gasteiger partial charge in [0.05, 0.1) is 26.9 Å². The average Bonchev–Trinajstić information content (AvgIpc) is 3.41. The molecule has 1 N–H and O–H groups in total. The van der Waals surface area contributed by atoms with Crippen LogP contribution in [0.3, 0.4) is 0 Å². The van der Waals surface area contributed by atoms with Crippen LogP contribution in [0.1, 0.15) is 77.6 Å². The van der Waals surface area contributed by atoms with E-state index in [9.17, 15) is 22.8 Å². The maximum absolute atomic E-state index is 13.8. The number of thiophene rings is 1. The third-order valence-corrected chi connectivity index (χ3v) is 9.88. The second-order valence-electron chi connectivity index (χ2n) is 11.5. The number of amides is 1. The number of aromatic nitrogens is 2. The number of likely N-dealkylation sites (tertiary alicyclic amines) is 1. The Morgan fingerprint density at radius 2 is 1.83 bits per heavy atom. The second kappa shape index (κ2) is 11.3. The first-order valence-corrected chi connectivity index (χ1v) is 14.8. The number of hydrogen-bond donors (Lipinski definition) is 1. The quantitative estimate of drug-likeness (QED) is 0.321. The summed E-state index contributed by atoms with van der Waals surface area (Å²) < 4.78 is 46.7. The molecule has 2 fully saturated rings. The minimum Gasteiger partial charge on any atom is -0.381 e. The van der Waals surface area contributed by atoms with Gasteiger partial charge in [-0.3, -0.25) is 9.59 Å². The summed E-state index contributed by atoms with van der Waals surface area (Å²) in [6.45, 7) is 9.37. The number of ketones is 1. The average molecular weight is 589 g/mol. The van der Waals surface area contributed by atoms with E-state index in [0.717, 1.165) is 29.0 Å². The van der Waals surface area contributed by atoms with E-state index >= 15 is 0 Å². The number of nitrogens with zero attached hydrogens (tertiary/aromatic N) is 3. The summed E-state index contributed by atoms with van der Waals surface area (Å²) in [7, 11) is 0. The van der Waals surface area contributed by atoms with Crippen molar-refractivity contribution in [3.05, 3.63) is 51.5 Å². The summed E-state index contributed by atoms with van der Waals surface area (Å²) >= 11 is 1.36. The number of halogens is 3. The number of alkyl halides is 3. The van der Waals surface area contributed by atoms with Crippen molar-refractivity contribution in [1.82, 2.24) is 15.1 Å². The highest BCUT2D eigenvalue weighted by Crippen LogP contribution is 2.41. The largest absolute Gasteiger partial charge is 0.416 e. The molecule has 1 atom stereocenters. The van der Waals surface area contributed by atoms with E-state index in [1.54, 1.807) is 13.0 Å². The van der Waals surface area contributed by atoms with Gasteiger partial charge < -0.3 is 15.0 Å². The molecular formula is C30H35F3N4O3S. The molecule has 0 aliphatic carbocycles. The van der Waals surface area contributed by atoms with Crippen LogP contribution in [0.15, 0.2) is 24.3 Å². The Morgan fingerprint density at radius 3 is 2.49 bits per heavy atom. The molecule has 0 unspecified atom stereocenters. The second-order valence-corrected chi connectivity index (χ2v) is 12.5. The Hall–Kier alpha value is -3.05. The summed E-state index contributed by atoms with van der Waals surface area (Å²) in [5.74, 6) is 0.622. The maximum atomic E-state index is 13.8. The van der Waals surface area contributed by atoms with E-state index in [0.29, 0.717) is 61.1 Å². The Kier molecular flexibility index (Phi) is 8.13. The van der Waals surface area contributed by atoms with Crippen LogP contribution in [0.2, 0.25) is 0 Å². The highest BCUT2D eigenvalue weighted by molar-refractivity contribution is 7.21. The Labute approximate surface area is 241 Å². The number of nitrogens with one attached hydrogen (secondary N) is 1. The fourth-order valence-corrected chi connectivity index (χ4v) is 7.13. The highest BCUT2D eigenvalue weighted by Gasteiger charge is 2.40. The predicted molar refractivity (Wildman–Crippen MR) is 152 cm³/mol. The summed E-state index contributed by atoms with van der Waals surface area (Å²) in [6.07, 6.45) is -1.78. The number of Topliss-reactive ketones (excluding diaryl/α,β-unsaturated/α-hetero) is 1. The van der Waals surface area contributed by atoms with Gasteiger partial charge in [-0.15, -0.1) is 16.4 Å². The lowest BCUT2D eigenvalue weighted by molar-refractivity contribution is -0.140. The fourth-order valence-electron chi connectivity index (χ4n) is 5.94. The van der Waals surface area contributed by atoms with E-state index in [4.69, 9.17) is 4.74 Å². The molecule has 1 aromatic carbocycles. The molecule has 4 heterocycles. The zero-order valence-corrected chi connectivity index (χ0v) is 24.5. The third kappa shape index (κ3) is 5.83. The van der Waals surface area contributed by atoms with Crippen LogP contribution in [0.25, 0.3) is 10.1 Å². The number of anilines is 1. The van der Waals surface area contributed by atoms with Gasteiger partial charge in [0, 0.05) is 43.0 Å². The number of aryl methyl sites for hydroxylation is 1. The van der Waals surface area contributed by atoms with Gasteiger partial charge in [-0.2, -0.15) is 18.3 Å². The lowest BCUT2D eigenvalue weighted by atomic mass is 9.76. The van der Waals surface area contributed by atoms with Crippen LogP contribution >= 0.6 is 11.3 Å². The first-order chi connectivity index (χ1) is 19.4. The van der Waals surface area contributed by atoms with Gasteiger partial charge in [0.25, 0.3) is 0 Å². The molecule has 5 rings (SSSR count). The monoisotopic (exact) mass is 588 g/mol. The molecule has 3 aromatic rings. The Bertz CT molecular complexity index is 1460.